The van der Waals surface area contributed by atoms with Crippen molar-refractivity contribution in [3.8, 4) is 0 Å². The van der Waals surface area contributed by atoms with E-state index in [4.69, 9.17) is 0 Å². The molecule has 0 atom stereocenters. The van der Waals surface area contributed by atoms with Crippen LogP contribution < -0.4 is 0 Å². The molecule has 0 N–H and O–H groups in total. The molecule has 0 nitrogen and oxygen atoms in total. The zero-order valence-electron chi connectivity index (χ0n) is 4.73. The minimum absolute atomic E-state index is 0.425. The molecule has 1 heterocycles. The molecule has 3 heteroatoms. The number of hydrogen-bond acceptors (Lipinski definition) is 0. The van der Waals surface area contributed by atoms with E-state index >= 15 is 0 Å². The average molecular weight is 341 g/mol. The molecule has 0 aliphatic carbocycles. The van der Waals surface area contributed by atoms with E-state index in [0.717, 1.165) is 0 Å². The second-order valence-electron chi connectivity index (χ2n) is 2.69. The summed E-state index contributed by atoms with van der Waals surface area (Å²) in [5.41, 5.74) is 0. The van der Waals surface area contributed by atoms with E-state index in [0.29, 0.717) is 34.1 Å². The van der Waals surface area contributed by atoms with Crippen molar-refractivity contribution >= 4 is 42.2 Å². The first kappa shape index (κ1) is 6.91. The third-order valence-corrected chi connectivity index (χ3v) is 35.4. The molecule has 0 unspecified atom stereocenters. The van der Waals surface area contributed by atoms with Gasteiger partial charge in [0.25, 0.3) is 0 Å². The van der Waals surface area contributed by atoms with Gasteiger partial charge >= 0.3 is 63.5 Å². The fourth-order valence-corrected chi connectivity index (χ4v) is 59.9. The fraction of sp³-hybridized carbons (Fsp3) is 1.00. The van der Waals surface area contributed by atoms with Crippen LogP contribution in [0.2, 0.25) is 21.3 Å². The van der Waals surface area contributed by atoms with Gasteiger partial charge in [0.05, 0.1) is 0 Å². The zero-order chi connectivity index (χ0) is 5.33. The van der Waals surface area contributed by atoms with Crippen molar-refractivity contribution in [2.75, 3.05) is 0 Å². The molecule has 1 aliphatic heterocycles. The monoisotopic (exact) mass is 346 g/mol. The van der Waals surface area contributed by atoms with Crippen LogP contribution in [0.5, 0.6) is 0 Å². The van der Waals surface area contributed by atoms with E-state index in [1.165, 1.54) is 0 Å². The van der Waals surface area contributed by atoms with Crippen LogP contribution in [0.25, 0.3) is 0 Å². The third kappa shape index (κ3) is 2.25. The van der Waals surface area contributed by atoms with Gasteiger partial charge in [-0.1, -0.05) is 0 Å². The van der Waals surface area contributed by atoms with E-state index in [1.54, 1.807) is 8.18 Å². The Morgan fingerprint density at radius 3 is 1.71 bits per heavy atom. The van der Waals surface area contributed by atoms with Crippen molar-refractivity contribution in [1.29, 1.82) is 0 Å². The van der Waals surface area contributed by atoms with Gasteiger partial charge in [-0.25, -0.2) is 0 Å². The van der Waals surface area contributed by atoms with Crippen LogP contribution in [0.4, 0.5) is 0 Å². The van der Waals surface area contributed by atoms with Gasteiger partial charge in [0.1, 0.15) is 0 Å². The molecule has 0 amide bonds. The summed E-state index contributed by atoms with van der Waals surface area (Å²) in [6.07, 6.45) is 0. The molecule has 0 radical (unpaired) electrons. The summed E-state index contributed by atoms with van der Waals surface area (Å²) >= 11 is 1.39. The van der Waals surface area contributed by atoms with Gasteiger partial charge in [0, 0.05) is 0 Å². The molecule has 1 rings (SSSR count). The van der Waals surface area contributed by atoms with Gasteiger partial charge in [-0.05, 0) is 0 Å². The van der Waals surface area contributed by atoms with Crippen molar-refractivity contribution in [2.24, 2.45) is 0 Å². The minimum atomic E-state index is -0.425. The van der Waals surface area contributed by atoms with Gasteiger partial charge in [0.2, 0.25) is 0 Å². The zero-order valence-corrected chi connectivity index (χ0v) is 10.4. The van der Waals surface area contributed by atoms with Crippen molar-refractivity contribution < 1.29 is 0 Å². The molecule has 0 bridgehead atoms. The Kier molecular flexibility index (Phi) is 2.55. The second-order valence-corrected chi connectivity index (χ2v) is 22.9. The van der Waals surface area contributed by atoms with Crippen LogP contribution in [0.3, 0.4) is 0 Å². The van der Waals surface area contributed by atoms with Gasteiger partial charge in [-0.2, -0.15) is 0 Å². The average Bonchev–Trinajstić information content (AvgIpc) is 1.84. The summed E-state index contributed by atoms with van der Waals surface area (Å²) in [7, 11) is -0.425. The summed E-state index contributed by atoms with van der Waals surface area (Å²) in [5, 5.41) is 0. The predicted molar refractivity (Wildman–Crippen MR) is 38.6 cm³/mol. The SMILES string of the molecule is C[Si]1(C)C[Te][Te]C1. The maximum absolute atomic E-state index is 2.56. The van der Waals surface area contributed by atoms with Crippen LogP contribution in [-0.4, -0.2) is 42.2 Å². The quantitative estimate of drug-likeness (QED) is 0.576. The van der Waals surface area contributed by atoms with Gasteiger partial charge in [-0.3, -0.25) is 0 Å². The molecule has 0 aromatic rings. The van der Waals surface area contributed by atoms with Crippen LogP contribution in [0.1, 0.15) is 0 Å². The van der Waals surface area contributed by atoms with Crippen LogP contribution in [0, 0.1) is 0 Å². The van der Waals surface area contributed by atoms with Crippen molar-refractivity contribution in [1.82, 2.24) is 0 Å². The van der Waals surface area contributed by atoms with Crippen molar-refractivity contribution in [3.05, 3.63) is 0 Å². The maximum atomic E-state index is 2.56. The van der Waals surface area contributed by atoms with Crippen molar-refractivity contribution in [3.63, 3.8) is 0 Å². The molecule has 0 aromatic carbocycles. The summed E-state index contributed by atoms with van der Waals surface area (Å²) in [6, 6.07) is 0. The van der Waals surface area contributed by atoms with Crippen LogP contribution >= 0.6 is 0 Å². The first-order chi connectivity index (χ1) is 3.21. The van der Waals surface area contributed by atoms with Gasteiger partial charge < -0.3 is 0 Å². The predicted octanol–water partition coefficient (Wildman–Crippen LogP) is 0.947. The third-order valence-electron chi connectivity index (χ3n) is 0.983. The molecule has 0 saturated carbocycles. The Balaban J connectivity index is 2.40. The summed E-state index contributed by atoms with van der Waals surface area (Å²) < 4.78 is 3.56. The Morgan fingerprint density at radius 2 is 1.57 bits per heavy atom. The van der Waals surface area contributed by atoms with Crippen LogP contribution in [-0.2, 0) is 0 Å². The molecule has 0 spiro atoms. The Morgan fingerprint density at radius 1 is 1.14 bits per heavy atom. The molecule has 1 aliphatic rings. The summed E-state index contributed by atoms with van der Waals surface area (Å²) in [5.74, 6) is 0. The van der Waals surface area contributed by atoms with E-state index in [9.17, 15) is 0 Å². The van der Waals surface area contributed by atoms with E-state index < -0.39 is 8.07 Å². The topological polar surface area (TPSA) is 0 Å². The second kappa shape index (κ2) is 2.59. The first-order valence-corrected chi connectivity index (χ1v) is 16.5. The molecule has 0 aromatic heterocycles. The Labute approximate surface area is 62.8 Å². The van der Waals surface area contributed by atoms with Gasteiger partial charge in [-0.15, -0.1) is 0 Å². The van der Waals surface area contributed by atoms with Crippen LogP contribution in [0.15, 0.2) is 0 Å². The van der Waals surface area contributed by atoms with Crippen molar-refractivity contribution in [2.45, 2.75) is 21.3 Å². The Hall–Kier alpha value is 1.80. The summed E-state index contributed by atoms with van der Waals surface area (Å²) in [4.78, 5) is 0. The normalized spacial score (nSPS) is 28.3. The number of rotatable bonds is 0. The fourth-order valence-electron chi connectivity index (χ4n) is 0.444. The molecule has 1 saturated heterocycles. The standard InChI is InChI=1S/C4H10SiTe2/c1-5(2)3-6-7-4-5/h3-4H2,1-2H3. The molecule has 42 valence electrons. The number of hydrogen-bond donors (Lipinski definition) is 0. The van der Waals surface area contributed by atoms with E-state index in [1.807, 2.05) is 0 Å². The first-order valence-electron chi connectivity index (χ1n) is 2.45. The molecular weight excluding hydrogens is 331 g/mol. The molecule has 1 fully saturated rings. The van der Waals surface area contributed by atoms with Gasteiger partial charge in [0.15, 0.2) is 0 Å². The van der Waals surface area contributed by atoms with E-state index in [2.05, 4.69) is 13.1 Å². The van der Waals surface area contributed by atoms with E-state index in [-0.39, 0.29) is 0 Å². The molecular formula is C4H10SiTe2. The summed E-state index contributed by atoms with van der Waals surface area (Å²) in [6.45, 7) is 5.13. The molecule has 7 heavy (non-hydrogen) atoms. The Bertz CT molecular complexity index is 64.1.